The van der Waals surface area contributed by atoms with Gasteiger partial charge in [0.2, 0.25) is 0 Å². The van der Waals surface area contributed by atoms with Crippen molar-refractivity contribution in [1.82, 2.24) is 4.90 Å². The third kappa shape index (κ3) is 4.24. The molecule has 5 heteroatoms. The van der Waals surface area contributed by atoms with E-state index in [1.807, 2.05) is 30.3 Å². The Bertz CT molecular complexity index is 754. The van der Waals surface area contributed by atoms with E-state index in [1.54, 1.807) is 24.3 Å². The van der Waals surface area contributed by atoms with Gasteiger partial charge in [-0.25, -0.2) is 0 Å². The molecule has 0 aliphatic carbocycles. The number of hydrogen-bond acceptors (Lipinski definition) is 3. The fourth-order valence-electron chi connectivity index (χ4n) is 2.83. The van der Waals surface area contributed by atoms with Gasteiger partial charge in [0.25, 0.3) is 0 Å². The first-order valence-corrected chi connectivity index (χ1v) is 10.1. The second kappa shape index (κ2) is 8.23. The number of nitrogens with zero attached hydrogens (tertiary/aromatic N) is 1. The molecule has 0 saturated carbocycles. The number of hydrogen-bond donors (Lipinski definition) is 0. The normalized spacial score (nSPS) is 13.2. The molecule has 1 heterocycles. The van der Waals surface area contributed by atoms with Crippen molar-refractivity contribution in [2.45, 2.75) is 25.7 Å². The van der Waals surface area contributed by atoms with Crippen LogP contribution < -0.4 is 4.46 Å². The van der Waals surface area contributed by atoms with Gasteiger partial charge in [-0.1, -0.05) is 0 Å². The average molecular weight is 400 g/mol. The molecule has 1 aliphatic heterocycles. The van der Waals surface area contributed by atoms with Crippen molar-refractivity contribution in [1.29, 1.82) is 0 Å². The first-order valence-electron chi connectivity index (χ1n) is 8.38. The van der Waals surface area contributed by atoms with E-state index in [0.717, 1.165) is 23.7 Å². The monoisotopic (exact) mass is 401 g/mol. The molecule has 0 N–H and O–H groups in total. The van der Waals surface area contributed by atoms with Gasteiger partial charge >= 0.3 is 153 Å². The van der Waals surface area contributed by atoms with Crippen LogP contribution >= 0.6 is 0 Å². The van der Waals surface area contributed by atoms with Crippen LogP contribution in [-0.2, 0) is 4.79 Å². The first-order chi connectivity index (χ1) is 12.2. The van der Waals surface area contributed by atoms with Crippen molar-refractivity contribution >= 4 is 35.9 Å². The molecule has 2 aromatic rings. The van der Waals surface area contributed by atoms with Gasteiger partial charge in [0.05, 0.1) is 0 Å². The Balaban J connectivity index is 1.39. The second-order valence-corrected chi connectivity index (χ2v) is 8.28. The minimum absolute atomic E-state index is 0.121. The molecule has 2 aromatic carbocycles. The SMILES string of the molecule is O=C(CCCCCN1C(=O)c2ccccc2C1=O)[Se]c1ccccc1. The number of unbranched alkanes of at least 4 members (excludes halogenated alkanes) is 2. The zero-order chi connectivity index (χ0) is 17.6. The van der Waals surface area contributed by atoms with Gasteiger partial charge in [-0.15, -0.1) is 0 Å². The van der Waals surface area contributed by atoms with Crippen LogP contribution in [-0.4, -0.2) is 42.9 Å². The molecule has 25 heavy (non-hydrogen) atoms. The van der Waals surface area contributed by atoms with Crippen molar-refractivity contribution in [3.63, 3.8) is 0 Å². The number of amides is 2. The predicted octanol–water partition coefficient (Wildman–Crippen LogP) is 2.40. The summed E-state index contributed by atoms with van der Waals surface area (Å²) in [6.45, 7) is 0.421. The molecule has 2 amide bonds. The zero-order valence-corrected chi connectivity index (χ0v) is 15.5. The summed E-state index contributed by atoms with van der Waals surface area (Å²) in [4.78, 5) is 37.8. The number of carbonyl (C=O) groups excluding carboxylic acids is 3. The summed E-state index contributed by atoms with van der Waals surface area (Å²) in [5, 5.41) is 0. The molecule has 0 spiro atoms. The molecule has 0 atom stereocenters. The quantitative estimate of drug-likeness (QED) is 0.389. The van der Waals surface area contributed by atoms with Crippen LogP contribution in [0.1, 0.15) is 46.4 Å². The second-order valence-electron chi connectivity index (χ2n) is 5.91. The number of imide groups is 1. The molecule has 0 fully saturated rings. The number of benzene rings is 2. The van der Waals surface area contributed by atoms with E-state index in [1.165, 1.54) is 4.90 Å². The van der Waals surface area contributed by atoms with Crippen LogP contribution in [0.3, 0.4) is 0 Å². The maximum absolute atomic E-state index is 12.2. The summed E-state index contributed by atoms with van der Waals surface area (Å²) in [6, 6.07) is 16.8. The van der Waals surface area contributed by atoms with Crippen LogP contribution in [0.25, 0.3) is 0 Å². The van der Waals surface area contributed by atoms with Crippen LogP contribution in [0.5, 0.6) is 0 Å². The van der Waals surface area contributed by atoms with Gasteiger partial charge in [0, 0.05) is 0 Å². The van der Waals surface area contributed by atoms with Crippen LogP contribution in [0, 0.1) is 0 Å². The van der Waals surface area contributed by atoms with Crippen molar-refractivity contribution in [2.75, 3.05) is 6.54 Å². The third-order valence-corrected chi connectivity index (χ3v) is 6.09. The maximum atomic E-state index is 12.2. The Morgan fingerprint density at radius 1 is 0.800 bits per heavy atom. The predicted molar refractivity (Wildman–Crippen MR) is 97.1 cm³/mol. The van der Waals surface area contributed by atoms with Gasteiger partial charge < -0.3 is 0 Å². The fourth-order valence-corrected chi connectivity index (χ4v) is 4.51. The van der Waals surface area contributed by atoms with E-state index < -0.39 is 0 Å². The van der Waals surface area contributed by atoms with E-state index >= 15 is 0 Å². The Morgan fingerprint density at radius 3 is 2.04 bits per heavy atom. The summed E-state index contributed by atoms with van der Waals surface area (Å²) in [6.07, 6.45) is 2.94. The Labute approximate surface area is 153 Å². The number of rotatable bonds is 8. The summed E-state index contributed by atoms with van der Waals surface area (Å²) in [5.41, 5.74) is 0.987. The standard InChI is InChI=1S/C20H19NO3Se/c22-18(25-15-9-3-1-4-10-15)13-5-2-8-14-21-19(23)16-11-6-7-12-17(16)20(21)24/h1,3-4,6-7,9-12H,2,5,8,13-14H2. The van der Waals surface area contributed by atoms with E-state index in [-0.39, 0.29) is 26.8 Å². The number of carbonyl (C=O) groups is 3. The molecule has 0 radical (unpaired) electrons. The summed E-state index contributed by atoms with van der Waals surface area (Å²) in [7, 11) is 0. The molecule has 0 bridgehead atoms. The van der Waals surface area contributed by atoms with Crippen molar-refractivity contribution < 1.29 is 14.4 Å². The first kappa shape index (κ1) is 17.6. The van der Waals surface area contributed by atoms with E-state index in [4.69, 9.17) is 0 Å². The van der Waals surface area contributed by atoms with Crippen LogP contribution in [0.2, 0.25) is 0 Å². The van der Waals surface area contributed by atoms with Crippen molar-refractivity contribution in [3.05, 3.63) is 65.7 Å². The van der Waals surface area contributed by atoms with Gasteiger partial charge in [-0.05, 0) is 0 Å². The van der Waals surface area contributed by atoms with Gasteiger partial charge in [0.15, 0.2) is 0 Å². The van der Waals surface area contributed by atoms with Crippen LogP contribution in [0.15, 0.2) is 54.6 Å². The molecular formula is C20H19NO3Se. The average Bonchev–Trinajstić information content (AvgIpc) is 2.87. The summed E-state index contributed by atoms with van der Waals surface area (Å²) < 4.78 is 1.39. The molecule has 128 valence electrons. The minimum atomic E-state index is -0.205. The Morgan fingerprint density at radius 2 is 1.40 bits per heavy atom. The number of fused-ring (bicyclic) bond motifs is 1. The van der Waals surface area contributed by atoms with Gasteiger partial charge in [-0.2, -0.15) is 0 Å². The van der Waals surface area contributed by atoms with Gasteiger partial charge in [-0.3, -0.25) is 0 Å². The fraction of sp³-hybridized carbons (Fsp3) is 0.250. The van der Waals surface area contributed by atoms with E-state index in [2.05, 4.69) is 0 Å². The molecule has 0 saturated heterocycles. The Hall–Kier alpha value is -2.23. The Kier molecular flexibility index (Phi) is 5.79. The molecule has 0 aromatic heterocycles. The summed E-state index contributed by atoms with van der Waals surface area (Å²) >= 11 is -0.121. The topological polar surface area (TPSA) is 54.5 Å². The molecule has 3 rings (SSSR count). The van der Waals surface area contributed by atoms with Crippen molar-refractivity contribution in [3.8, 4) is 0 Å². The molecular weight excluding hydrogens is 381 g/mol. The van der Waals surface area contributed by atoms with Crippen molar-refractivity contribution in [2.24, 2.45) is 0 Å². The summed E-state index contributed by atoms with van der Waals surface area (Å²) in [5.74, 6) is -0.409. The molecule has 4 nitrogen and oxygen atoms in total. The van der Waals surface area contributed by atoms with Crippen LogP contribution in [0.4, 0.5) is 0 Å². The zero-order valence-electron chi connectivity index (χ0n) is 13.8. The third-order valence-electron chi connectivity index (χ3n) is 4.12. The van der Waals surface area contributed by atoms with E-state index in [9.17, 15) is 14.4 Å². The molecule has 1 aliphatic rings. The molecule has 0 unspecified atom stereocenters. The van der Waals surface area contributed by atoms with E-state index in [0.29, 0.717) is 28.8 Å². The van der Waals surface area contributed by atoms with Gasteiger partial charge in [0.1, 0.15) is 0 Å².